The second-order valence-electron chi connectivity index (χ2n) is 6.55. The van der Waals surface area contributed by atoms with Crippen LogP contribution in [0.2, 0.25) is 0 Å². The van der Waals surface area contributed by atoms with Gasteiger partial charge in [0, 0.05) is 12.6 Å². The summed E-state index contributed by atoms with van der Waals surface area (Å²) < 4.78 is 1.47. The van der Waals surface area contributed by atoms with Gasteiger partial charge in [0.15, 0.2) is 0 Å². The molecule has 0 bridgehead atoms. The largest absolute Gasteiger partial charge is 0.320 e. The number of hydrogen-bond acceptors (Lipinski definition) is 3. The van der Waals surface area contributed by atoms with Gasteiger partial charge < -0.3 is 5.32 Å². The normalized spacial score (nSPS) is 11.7. The smallest absolute Gasteiger partial charge is 0.281 e. The maximum absolute atomic E-state index is 12.5. The second kappa shape index (κ2) is 5.31. The number of hydrogen-bond donors (Lipinski definition) is 1. The van der Waals surface area contributed by atoms with Crippen LogP contribution in [-0.4, -0.2) is 15.3 Å². The summed E-state index contributed by atoms with van der Waals surface area (Å²) >= 11 is 0. The average Bonchev–Trinajstić information content (AvgIpc) is 2.34. The van der Waals surface area contributed by atoms with Crippen molar-refractivity contribution in [2.75, 3.05) is 5.32 Å². The molecule has 112 valence electrons. The highest BCUT2D eigenvalue weighted by Crippen LogP contribution is 2.19. The van der Waals surface area contributed by atoms with E-state index in [2.05, 4.69) is 10.3 Å². The molecule has 1 amide bonds. The van der Waals surface area contributed by atoms with E-state index in [0.29, 0.717) is 17.8 Å². The van der Waals surface area contributed by atoms with E-state index in [-0.39, 0.29) is 22.6 Å². The molecule has 0 aliphatic rings. The summed E-state index contributed by atoms with van der Waals surface area (Å²) in [5, 5.41) is 2.71. The van der Waals surface area contributed by atoms with Crippen LogP contribution in [0, 0.1) is 19.3 Å². The van der Waals surface area contributed by atoms with Gasteiger partial charge in [0.1, 0.15) is 11.3 Å². The highest BCUT2D eigenvalue weighted by Gasteiger charge is 2.19. The van der Waals surface area contributed by atoms with Crippen LogP contribution in [0.5, 0.6) is 0 Å². The third-order valence-corrected chi connectivity index (χ3v) is 3.19. The lowest BCUT2D eigenvalue weighted by Gasteiger charge is -2.17. The molecule has 2 aromatic rings. The van der Waals surface area contributed by atoms with Crippen LogP contribution >= 0.6 is 0 Å². The Hall–Kier alpha value is -2.17. The Morgan fingerprint density at radius 3 is 2.62 bits per heavy atom. The monoisotopic (exact) mass is 287 g/mol. The molecule has 2 rings (SSSR count). The van der Waals surface area contributed by atoms with E-state index in [0.717, 1.165) is 5.56 Å². The van der Waals surface area contributed by atoms with Crippen molar-refractivity contribution >= 4 is 17.2 Å². The summed E-state index contributed by atoms with van der Waals surface area (Å²) in [5.74, 6) is -0.169. The maximum Gasteiger partial charge on any atom is 0.281 e. The molecule has 0 radical (unpaired) electrons. The first-order valence-corrected chi connectivity index (χ1v) is 6.97. The molecule has 0 aliphatic carbocycles. The van der Waals surface area contributed by atoms with Gasteiger partial charge in [-0.05, 0) is 30.9 Å². The molecule has 5 heteroatoms. The lowest BCUT2D eigenvalue weighted by atomic mass is 9.92. The summed E-state index contributed by atoms with van der Waals surface area (Å²) in [6, 6.07) is 3.70. The Labute approximate surface area is 124 Å². The Kier molecular flexibility index (Phi) is 3.85. The Bertz CT molecular complexity index is 754. The molecule has 0 saturated carbocycles. The van der Waals surface area contributed by atoms with E-state index < -0.39 is 0 Å². The summed E-state index contributed by atoms with van der Waals surface area (Å²) in [7, 11) is 0. The maximum atomic E-state index is 12.5. The van der Waals surface area contributed by atoms with Crippen LogP contribution < -0.4 is 10.9 Å². The first-order valence-electron chi connectivity index (χ1n) is 6.97. The van der Waals surface area contributed by atoms with Gasteiger partial charge in [-0.2, -0.15) is 0 Å². The van der Waals surface area contributed by atoms with Crippen molar-refractivity contribution in [3.05, 3.63) is 39.9 Å². The van der Waals surface area contributed by atoms with E-state index in [9.17, 15) is 9.59 Å². The van der Waals surface area contributed by atoms with E-state index in [1.165, 1.54) is 4.40 Å². The number of fused-ring (bicyclic) bond motifs is 1. The van der Waals surface area contributed by atoms with Gasteiger partial charge >= 0.3 is 0 Å². The average molecular weight is 287 g/mol. The Morgan fingerprint density at radius 1 is 1.33 bits per heavy atom. The number of nitrogens with zero attached hydrogens (tertiary/aromatic N) is 2. The quantitative estimate of drug-likeness (QED) is 0.923. The molecule has 0 unspecified atom stereocenters. The number of anilines is 1. The molecule has 0 atom stereocenters. The molecule has 0 fully saturated rings. The number of carbonyl (C=O) groups excluding carboxylic acids is 1. The number of pyridine rings is 1. The van der Waals surface area contributed by atoms with Gasteiger partial charge in [0.25, 0.3) is 5.56 Å². The summed E-state index contributed by atoms with van der Waals surface area (Å²) in [6.07, 6.45) is 2.01. The van der Waals surface area contributed by atoms with E-state index >= 15 is 0 Å². The fourth-order valence-electron chi connectivity index (χ4n) is 2.21. The van der Waals surface area contributed by atoms with Crippen molar-refractivity contribution in [1.29, 1.82) is 0 Å². The molecule has 0 aromatic carbocycles. The van der Waals surface area contributed by atoms with Crippen molar-refractivity contribution < 1.29 is 4.79 Å². The lowest BCUT2D eigenvalue weighted by Crippen LogP contribution is -2.27. The number of aromatic nitrogens is 2. The summed E-state index contributed by atoms with van der Waals surface area (Å²) in [5.41, 5.74) is 1.96. The van der Waals surface area contributed by atoms with Gasteiger partial charge in [-0.15, -0.1) is 0 Å². The minimum Gasteiger partial charge on any atom is -0.320 e. The fraction of sp³-hybridized carbons (Fsp3) is 0.438. The number of nitrogens with one attached hydrogen (secondary N) is 1. The first-order chi connectivity index (χ1) is 9.69. The predicted molar refractivity (Wildman–Crippen MR) is 83.6 cm³/mol. The highest BCUT2D eigenvalue weighted by atomic mass is 16.2. The van der Waals surface area contributed by atoms with Gasteiger partial charge in [0.05, 0.1) is 5.69 Å². The van der Waals surface area contributed by atoms with Crippen LogP contribution in [0.15, 0.2) is 23.1 Å². The van der Waals surface area contributed by atoms with Crippen LogP contribution in [-0.2, 0) is 4.79 Å². The van der Waals surface area contributed by atoms with Crippen LogP contribution in [0.1, 0.15) is 38.4 Å². The van der Waals surface area contributed by atoms with Crippen molar-refractivity contribution in [2.24, 2.45) is 5.41 Å². The zero-order valence-electron chi connectivity index (χ0n) is 13.2. The predicted octanol–water partition coefficient (Wildman–Crippen LogP) is 2.69. The minimum atomic E-state index is -0.247. The third kappa shape index (κ3) is 3.29. The van der Waals surface area contributed by atoms with Crippen molar-refractivity contribution in [3.63, 3.8) is 0 Å². The molecule has 2 aromatic heterocycles. The van der Waals surface area contributed by atoms with Gasteiger partial charge in [0.2, 0.25) is 5.91 Å². The van der Waals surface area contributed by atoms with Crippen molar-refractivity contribution in [2.45, 2.75) is 41.0 Å². The SMILES string of the molecule is Cc1nc2c(C)cccn2c(=O)c1NC(=O)CC(C)(C)C. The molecular formula is C16H21N3O2. The highest BCUT2D eigenvalue weighted by molar-refractivity contribution is 5.91. The Morgan fingerprint density at radius 2 is 2.00 bits per heavy atom. The molecule has 5 nitrogen and oxygen atoms in total. The zero-order chi connectivity index (χ0) is 15.8. The lowest BCUT2D eigenvalue weighted by molar-refractivity contribution is -0.117. The second-order valence-corrected chi connectivity index (χ2v) is 6.55. The first kappa shape index (κ1) is 15.2. The molecule has 0 spiro atoms. The molecule has 1 N–H and O–H groups in total. The molecule has 21 heavy (non-hydrogen) atoms. The Balaban J connectivity index is 2.46. The standard InChI is InChI=1S/C16H21N3O2/c1-10-7-6-8-19-14(10)17-11(2)13(15(19)21)18-12(20)9-16(3,4)5/h6-8H,9H2,1-5H3,(H,18,20). The zero-order valence-corrected chi connectivity index (χ0v) is 13.2. The van der Waals surface area contributed by atoms with Gasteiger partial charge in [-0.3, -0.25) is 14.0 Å². The minimum absolute atomic E-state index is 0.130. The topological polar surface area (TPSA) is 63.5 Å². The van der Waals surface area contributed by atoms with E-state index in [4.69, 9.17) is 0 Å². The van der Waals surface area contributed by atoms with E-state index in [1.807, 2.05) is 33.8 Å². The van der Waals surface area contributed by atoms with Crippen molar-refractivity contribution in [3.8, 4) is 0 Å². The number of amides is 1. The molecule has 0 aliphatic heterocycles. The molecule has 2 heterocycles. The van der Waals surface area contributed by atoms with E-state index in [1.54, 1.807) is 19.2 Å². The van der Waals surface area contributed by atoms with Crippen LogP contribution in [0.3, 0.4) is 0 Å². The number of rotatable bonds is 2. The molecule has 0 saturated heterocycles. The van der Waals surface area contributed by atoms with Crippen LogP contribution in [0.25, 0.3) is 5.65 Å². The summed E-state index contributed by atoms with van der Waals surface area (Å²) in [6.45, 7) is 9.58. The third-order valence-electron chi connectivity index (χ3n) is 3.19. The van der Waals surface area contributed by atoms with Gasteiger partial charge in [-0.1, -0.05) is 26.8 Å². The number of carbonyl (C=O) groups is 1. The van der Waals surface area contributed by atoms with Gasteiger partial charge in [-0.25, -0.2) is 4.98 Å². The summed E-state index contributed by atoms with van der Waals surface area (Å²) in [4.78, 5) is 29.0. The number of aryl methyl sites for hydroxylation is 2. The molecular weight excluding hydrogens is 266 g/mol. The fourth-order valence-corrected chi connectivity index (χ4v) is 2.21. The van der Waals surface area contributed by atoms with Crippen LogP contribution in [0.4, 0.5) is 5.69 Å². The van der Waals surface area contributed by atoms with Crippen molar-refractivity contribution in [1.82, 2.24) is 9.38 Å².